The number of benzene rings is 2. The first-order valence-corrected chi connectivity index (χ1v) is 14.3. The smallest absolute Gasteiger partial charge is 0.334 e. The number of aromatic amines is 1. The topological polar surface area (TPSA) is 128 Å². The quantitative estimate of drug-likeness (QED) is 0.318. The van der Waals surface area contributed by atoms with Crippen LogP contribution in [0.1, 0.15) is 57.0 Å². The van der Waals surface area contributed by atoms with Gasteiger partial charge in [0.05, 0.1) is 29.4 Å². The van der Waals surface area contributed by atoms with E-state index < -0.39 is 10.0 Å². The molecule has 0 amide bonds. The number of hydrogen-bond donors (Lipinski definition) is 2. The number of imidazole rings is 1. The maximum absolute atomic E-state index is 13.3. The highest BCUT2D eigenvalue weighted by molar-refractivity contribution is 7.92. The van der Waals surface area contributed by atoms with E-state index in [1.54, 1.807) is 37.3 Å². The number of aromatic nitrogens is 4. The summed E-state index contributed by atoms with van der Waals surface area (Å²) in [5, 5.41) is 0. The summed E-state index contributed by atoms with van der Waals surface area (Å²) in [5.74, 6) is 2.11. The van der Waals surface area contributed by atoms with Crippen molar-refractivity contribution in [2.45, 2.75) is 57.3 Å². The first kappa shape index (κ1) is 25.8. The number of aryl methyl sites for hydroxylation is 1. The molecule has 2 heterocycles. The third-order valence-electron chi connectivity index (χ3n) is 6.67. The fraction of sp³-hybridized carbons (Fsp3) is 0.370. The molecule has 0 spiro atoms. The zero-order chi connectivity index (χ0) is 26.9. The van der Waals surface area contributed by atoms with Gasteiger partial charge in [0.1, 0.15) is 23.1 Å². The van der Waals surface area contributed by atoms with Gasteiger partial charge in [0.15, 0.2) is 5.65 Å². The van der Waals surface area contributed by atoms with Crippen molar-refractivity contribution in [3.8, 4) is 22.9 Å². The maximum atomic E-state index is 13.3. The predicted octanol–water partition coefficient (Wildman–Crippen LogP) is 4.65. The number of fused-ring (bicyclic) bond motifs is 1. The summed E-state index contributed by atoms with van der Waals surface area (Å²) in [4.78, 5) is 25.4. The lowest BCUT2D eigenvalue weighted by atomic mass is 10.0. The second kappa shape index (κ2) is 10.5. The Kier molecular flexibility index (Phi) is 7.11. The van der Waals surface area contributed by atoms with Crippen molar-refractivity contribution in [1.82, 2.24) is 19.4 Å². The molecule has 2 aromatic heterocycles. The van der Waals surface area contributed by atoms with E-state index in [0.29, 0.717) is 47.4 Å². The third-order valence-corrected chi connectivity index (χ3v) is 8.05. The van der Waals surface area contributed by atoms with E-state index in [4.69, 9.17) is 14.5 Å². The standard InChI is InChI=1S/C27H31N5O5S/c1-4-36-20-12-10-19(11-13-20)31-38(34,35)21-14-15-23(37-5-2)22(16-21)25-29-26-24(18-8-6-7-9-18)28-17(3)32(26)27(33)30-25/h10-16,18,31H,4-9H2,1-3H3,(H,29,30,33). The molecule has 0 saturated heterocycles. The minimum Gasteiger partial charge on any atom is -0.494 e. The number of sulfonamides is 1. The Balaban J connectivity index is 1.57. The van der Waals surface area contributed by atoms with Crippen LogP contribution in [0.5, 0.6) is 11.5 Å². The summed E-state index contributed by atoms with van der Waals surface area (Å²) in [6, 6.07) is 11.2. The van der Waals surface area contributed by atoms with Gasteiger partial charge in [-0.15, -0.1) is 0 Å². The van der Waals surface area contributed by atoms with Crippen molar-refractivity contribution >= 4 is 21.4 Å². The van der Waals surface area contributed by atoms with E-state index in [9.17, 15) is 13.2 Å². The monoisotopic (exact) mass is 537 g/mol. The summed E-state index contributed by atoms with van der Waals surface area (Å²) < 4.78 is 41.9. The fourth-order valence-corrected chi connectivity index (χ4v) is 6.01. The molecular weight excluding hydrogens is 506 g/mol. The van der Waals surface area contributed by atoms with Crippen molar-refractivity contribution < 1.29 is 17.9 Å². The van der Waals surface area contributed by atoms with Crippen LogP contribution in [0.15, 0.2) is 52.2 Å². The average Bonchev–Trinajstić information content (AvgIpc) is 3.54. The summed E-state index contributed by atoms with van der Waals surface area (Å²) >= 11 is 0. The summed E-state index contributed by atoms with van der Waals surface area (Å²) in [6.07, 6.45) is 4.25. The highest BCUT2D eigenvalue weighted by Gasteiger charge is 2.26. The zero-order valence-electron chi connectivity index (χ0n) is 21.7. The van der Waals surface area contributed by atoms with Gasteiger partial charge < -0.3 is 9.47 Å². The van der Waals surface area contributed by atoms with Gasteiger partial charge in [-0.1, -0.05) is 12.8 Å². The molecule has 5 rings (SSSR count). The highest BCUT2D eigenvalue weighted by atomic mass is 32.2. The van der Waals surface area contributed by atoms with Crippen LogP contribution in [0.3, 0.4) is 0 Å². The van der Waals surface area contributed by atoms with Gasteiger partial charge in [-0.25, -0.2) is 27.6 Å². The molecule has 2 N–H and O–H groups in total. The number of H-pyrrole nitrogens is 1. The number of hydrogen-bond acceptors (Lipinski definition) is 7. The Morgan fingerprint density at radius 2 is 1.74 bits per heavy atom. The molecule has 0 atom stereocenters. The second-order valence-corrected chi connectivity index (χ2v) is 10.9. The Bertz CT molecular complexity index is 1620. The van der Waals surface area contributed by atoms with Crippen molar-refractivity contribution in [2.75, 3.05) is 17.9 Å². The van der Waals surface area contributed by atoms with Crippen LogP contribution in [0, 0.1) is 6.92 Å². The van der Waals surface area contributed by atoms with E-state index >= 15 is 0 Å². The molecule has 1 saturated carbocycles. The van der Waals surface area contributed by atoms with Gasteiger partial charge in [-0.3, -0.25) is 9.71 Å². The molecule has 0 aliphatic heterocycles. The number of ether oxygens (including phenoxy) is 2. The minimum absolute atomic E-state index is 0.00747. The van der Waals surface area contributed by atoms with Crippen LogP contribution in [0.4, 0.5) is 5.69 Å². The van der Waals surface area contributed by atoms with E-state index in [1.165, 1.54) is 16.5 Å². The molecule has 2 aromatic carbocycles. The van der Waals surface area contributed by atoms with Crippen molar-refractivity contribution in [2.24, 2.45) is 0 Å². The van der Waals surface area contributed by atoms with Crippen LogP contribution in [0.2, 0.25) is 0 Å². The molecule has 10 nitrogen and oxygen atoms in total. The summed E-state index contributed by atoms with van der Waals surface area (Å²) in [7, 11) is -3.95. The molecule has 0 radical (unpaired) electrons. The Labute approximate surface area is 221 Å². The first-order valence-electron chi connectivity index (χ1n) is 12.8. The normalized spacial score (nSPS) is 14.2. The highest BCUT2D eigenvalue weighted by Crippen LogP contribution is 2.36. The molecule has 1 aliphatic rings. The fourth-order valence-electron chi connectivity index (χ4n) is 4.93. The SMILES string of the molecule is CCOc1ccc(NS(=O)(=O)c2ccc(OCC)c(-c3nc4c(C5CCCC5)nc(C)n4c(=O)[nH]3)c2)cc1. The lowest BCUT2D eigenvalue weighted by Crippen LogP contribution is -2.20. The lowest BCUT2D eigenvalue weighted by molar-refractivity contribution is 0.340. The second-order valence-electron chi connectivity index (χ2n) is 9.23. The number of rotatable bonds is 9. The van der Waals surface area contributed by atoms with Gasteiger partial charge in [0, 0.05) is 11.6 Å². The molecule has 0 bridgehead atoms. The molecule has 0 unspecified atom stereocenters. The molecular formula is C27H31N5O5S. The molecule has 1 aliphatic carbocycles. The van der Waals surface area contributed by atoms with Crippen LogP contribution in [-0.2, 0) is 10.0 Å². The summed E-state index contributed by atoms with van der Waals surface area (Å²) in [6.45, 7) is 6.37. The zero-order valence-corrected chi connectivity index (χ0v) is 22.5. The van der Waals surface area contributed by atoms with Gasteiger partial charge in [0.2, 0.25) is 0 Å². The first-order chi connectivity index (χ1) is 18.3. The lowest BCUT2D eigenvalue weighted by Gasteiger charge is -2.14. The van der Waals surface area contributed by atoms with Crippen molar-refractivity contribution in [1.29, 1.82) is 0 Å². The molecule has 38 heavy (non-hydrogen) atoms. The van der Waals surface area contributed by atoms with Crippen LogP contribution < -0.4 is 19.9 Å². The van der Waals surface area contributed by atoms with Gasteiger partial charge in [0.25, 0.3) is 10.0 Å². The van der Waals surface area contributed by atoms with E-state index in [2.05, 4.69) is 14.7 Å². The maximum Gasteiger partial charge on any atom is 0.334 e. The van der Waals surface area contributed by atoms with E-state index in [0.717, 1.165) is 31.4 Å². The molecule has 1 fully saturated rings. The largest absolute Gasteiger partial charge is 0.494 e. The van der Waals surface area contributed by atoms with Gasteiger partial charge >= 0.3 is 5.69 Å². The molecule has 11 heteroatoms. The van der Waals surface area contributed by atoms with Gasteiger partial charge in [-0.2, -0.15) is 0 Å². The summed E-state index contributed by atoms with van der Waals surface area (Å²) in [5.41, 5.74) is 1.69. The Morgan fingerprint density at radius 3 is 2.42 bits per heavy atom. The Hall–Kier alpha value is -3.86. The van der Waals surface area contributed by atoms with Crippen molar-refractivity contribution in [3.63, 3.8) is 0 Å². The van der Waals surface area contributed by atoms with Crippen LogP contribution >= 0.6 is 0 Å². The third kappa shape index (κ3) is 4.98. The van der Waals surface area contributed by atoms with Gasteiger partial charge in [-0.05, 0) is 76.1 Å². The minimum atomic E-state index is -3.95. The average molecular weight is 538 g/mol. The van der Waals surface area contributed by atoms with Crippen LogP contribution in [-0.4, -0.2) is 41.0 Å². The predicted molar refractivity (Wildman–Crippen MR) is 145 cm³/mol. The van der Waals surface area contributed by atoms with E-state index in [1.807, 2.05) is 13.8 Å². The van der Waals surface area contributed by atoms with Crippen molar-refractivity contribution in [3.05, 3.63) is 64.5 Å². The van der Waals surface area contributed by atoms with Crippen LogP contribution in [0.25, 0.3) is 17.0 Å². The molecule has 4 aromatic rings. The van der Waals surface area contributed by atoms with E-state index in [-0.39, 0.29) is 22.3 Å². The number of nitrogens with one attached hydrogen (secondary N) is 2. The molecule has 200 valence electrons. The Morgan fingerprint density at radius 1 is 1.03 bits per heavy atom. The number of anilines is 1. The number of nitrogens with zero attached hydrogens (tertiary/aromatic N) is 3.